The quantitative estimate of drug-likeness (QED) is 0.633. The molecule has 0 bridgehead atoms. The molecule has 0 unspecified atom stereocenters. The van der Waals surface area contributed by atoms with E-state index in [0.717, 1.165) is 24.2 Å². The van der Waals surface area contributed by atoms with Crippen molar-refractivity contribution in [2.75, 3.05) is 0 Å². The lowest BCUT2D eigenvalue weighted by molar-refractivity contribution is 0.0443. The molecule has 106 valence electrons. The first-order valence-corrected chi connectivity index (χ1v) is 6.85. The summed E-state index contributed by atoms with van der Waals surface area (Å²) in [5.41, 5.74) is 1.65. The first-order valence-electron chi connectivity index (χ1n) is 6.85. The lowest BCUT2D eigenvalue weighted by Crippen LogP contribution is -1.97. The molecule has 21 heavy (non-hydrogen) atoms. The monoisotopic (exact) mass is 282 g/mol. The fourth-order valence-electron chi connectivity index (χ4n) is 2.33. The SMILES string of the molecule is CCCc1ccccc1Oc1ccc2c(c1)C(=O)OC2=O. The first-order chi connectivity index (χ1) is 10.2. The Hall–Kier alpha value is -2.62. The Kier molecular flexibility index (Phi) is 3.44. The highest BCUT2D eigenvalue weighted by Gasteiger charge is 2.29. The van der Waals surface area contributed by atoms with Crippen molar-refractivity contribution < 1.29 is 19.1 Å². The molecule has 0 aromatic heterocycles. The zero-order valence-electron chi connectivity index (χ0n) is 11.6. The second kappa shape index (κ2) is 5.40. The minimum Gasteiger partial charge on any atom is -0.457 e. The molecule has 0 saturated heterocycles. The number of cyclic esters (lactones) is 2. The molecular weight excluding hydrogens is 268 g/mol. The van der Waals surface area contributed by atoms with Crippen molar-refractivity contribution in [3.8, 4) is 11.5 Å². The number of esters is 2. The molecule has 0 spiro atoms. The van der Waals surface area contributed by atoms with Gasteiger partial charge in [-0.05, 0) is 36.2 Å². The maximum Gasteiger partial charge on any atom is 0.347 e. The lowest BCUT2D eigenvalue weighted by Gasteiger charge is -2.10. The minimum absolute atomic E-state index is 0.255. The van der Waals surface area contributed by atoms with Gasteiger partial charge in [0.1, 0.15) is 11.5 Å². The van der Waals surface area contributed by atoms with Gasteiger partial charge in [-0.2, -0.15) is 0 Å². The zero-order valence-corrected chi connectivity index (χ0v) is 11.6. The summed E-state index contributed by atoms with van der Waals surface area (Å²) in [4.78, 5) is 23.0. The van der Waals surface area contributed by atoms with Gasteiger partial charge in [0.25, 0.3) is 0 Å². The Morgan fingerprint density at radius 3 is 2.57 bits per heavy atom. The number of hydrogen-bond acceptors (Lipinski definition) is 4. The summed E-state index contributed by atoms with van der Waals surface area (Å²) in [5.74, 6) is 0.0520. The molecule has 3 rings (SSSR count). The molecule has 0 atom stereocenters. The molecule has 2 aromatic rings. The van der Waals surface area contributed by atoms with Crippen LogP contribution in [0.2, 0.25) is 0 Å². The Bertz CT molecular complexity index is 718. The molecule has 0 aliphatic carbocycles. The van der Waals surface area contributed by atoms with E-state index < -0.39 is 11.9 Å². The average molecular weight is 282 g/mol. The molecule has 4 nitrogen and oxygen atoms in total. The van der Waals surface area contributed by atoms with E-state index in [0.29, 0.717) is 5.75 Å². The van der Waals surface area contributed by atoms with Gasteiger partial charge in [0.15, 0.2) is 0 Å². The van der Waals surface area contributed by atoms with Gasteiger partial charge < -0.3 is 9.47 Å². The summed E-state index contributed by atoms with van der Waals surface area (Å²) in [7, 11) is 0. The van der Waals surface area contributed by atoms with Crippen LogP contribution < -0.4 is 4.74 Å². The van der Waals surface area contributed by atoms with Gasteiger partial charge in [0, 0.05) is 0 Å². The summed E-state index contributed by atoms with van der Waals surface area (Å²) < 4.78 is 10.4. The van der Waals surface area contributed by atoms with Gasteiger partial charge >= 0.3 is 11.9 Å². The number of carbonyl (C=O) groups excluding carboxylic acids is 2. The van der Waals surface area contributed by atoms with Crippen molar-refractivity contribution in [1.82, 2.24) is 0 Å². The van der Waals surface area contributed by atoms with E-state index in [4.69, 9.17) is 4.74 Å². The van der Waals surface area contributed by atoms with Crippen LogP contribution in [-0.4, -0.2) is 11.9 Å². The average Bonchev–Trinajstić information content (AvgIpc) is 2.76. The fourth-order valence-corrected chi connectivity index (χ4v) is 2.33. The number of rotatable bonds is 4. The highest BCUT2D eigenvalue weighted by molar-refractivity contribution is 6.14. The third-order valence-electron chi connectivity index (χ3n) is 3.34. The van der Waals surface area contributed by atoms with Crippen LogP contribution >= 0.6 is 0 Å². The number of fused-ring (bicyclic) bond motifs is 1. The Labute approximate surface area is 122 Å². The standard InChI is InChI=1S/C17H14O4/c1-2-5-11-6-3-4-7-15(11)20-12-8-9-13-14(10-12)17(19)21-16(13)18/h3-4,6-10H,2,5H2,1H3. The van der Waals surface area contributed by atoms with Crippen molar-refractivity contribution in [2.45, 2.75) is 19.8 Å². The highest BCUT2D eigenvalue weighted by atomic mass is 16.6. The van der Waals surface area contributed by atoms with Crippen LogP contribution in [0.5, 0.6) is 11.5 Å². The van der Waals surface area contributed by atoms with Crippen LogP contribution in [0.25, 0.3) is 0 Å². The molecule has 1 aliphatic rings. The molecule has 0 fully saturated rings. The maximum atomic E-state index is 11.6. The van der Waals surface area contributed by atoms with Crippen LogP contribution in [0.4, 0.5) is 0 Å². The van der Waals surface area contributed by atoms with Gasteiger partial charge in [-0.1, -0.05) is 31.5 Å². The second-order valence-corrected chi connectivity index (χ2v) is 4.84. The van der Waals surface area contributed by atoms with Crippen LogP contribution in [0.1, 0.15) is 39.6 Å². The van der Waals surface area contributed by atoms with Gasteiger partial charge in [0.2, 0.25) is 0 Å². The summed E-state index contributed by atoms with van der Waals surface area (Å²) in [6.07, 6.45) is 1.94. The summed E-state index contributed by atoms with van der Waals surface area (Å²) in [6, 6.07) is 12.6. The van der Waals surface area contributed by atoms with E-state index in [2.05, 4.69) is 11.7 Å². The molecule has 2 aromatic carbocycles. The largest absolute Gasteiger partial charge is 0.457 e. The van der Waals surface area contributed by atoms with E-state index in [1.807, 2.05) is 24.3 Å². The molecule has 0 N–H and O–H groups in total. The number of hydrogen-bond donors (Lipinski definition) is 0. The summed E-state index contributed by atoms with van der Waals surface area (Å²) in [6.45, 7) is 2.10. The number of ether oxygens (including phenoxy) is 2. The minimum atomic E-state index is -0.623. The van der Waals surface area contributed by atoms with Gasteiger partial charge in [-0.15, -0.1) is 0 Å². The Morgan fingerprint density at radius 2 is 1.76 bits per heavy atom. The van der Waals surface area contributed by atoms with Gasteiger partial charge in [-0.25, -0.2) is 9.59 Å². The zero-order chi connectivity index (χ0) is 14.8. The van der Waals surface area contributed by atoms with Crippen molar-refractivity contribution in [3.05, 3.63) is 59.2 Å². The van der Waals surface area contributed by atoms with E-state index in [1.165, 1.54) is 0 Å². The van der Waals surface area contributed by atoms with Crippen molar-refractivity contribution in [3.63, 3.8) is 0 Å². The maximum absolute atomic E-state index is 11.6. The Morgan fingerprint density at radius 1 is 1.00 bits per heavy atom. The van der Waals surface area contributed by atoms with E-state index >= 15 is 0 Å². The van der Waals surface area contributed by atoms with Crippen LogP contribution in [0, 0.1) is 0 Å². The predicted molar refractivity (Wildman–Crippen MR) is 76.7 cm³/mol. The van der Waals surface area contributed by atoms with Crippen molar-refractivity contribution in [1.29, 1.82) is 0 Å². The predicted octanol–water partition coefficient (Wildman–Crippen LogP) is 3.74. The highest BCUT2D eigenvalue weighted by Crippen LogP contribution is 2.30. The lowest BCUT2D eigenvalue weighted by atomic mass is 10.1. The van der Waals surface area contributed by atoms with Crippen LogP contribution in [-0.2, 0) is 11.2 Å². The van der Waals surface area contributed by atoms with Gasteiger partial charge in [0.05, 0.1) is 11.1 Å². The number of benzene rings is 2. The fraction of sp³-hybridized carbons (Fsp3) is 0.176. The topological polar surface area (TPSA) is 52.6 Å². The summed E-state index contributed by atoms with van der Waals surface area (Å²) in [5, 5.41) is 0. The Balaban J connectivity index is 1.92. The smallest absolute Gasteiger partial charge is 0.347 e. The van der Waals surface area contributed by atoms with Crippen LogP contribution in [0.3, 0.4) is 0 Å². The molecule has 0 radical (unpaired) electrons. The van der Waals surface area contributed by atoms with Gasteiger partial charge in [-0.3, -0.25) is 0 Å². The number of para-hydroxylation sites is 1. The summed E-state index contributed by atoms with van der Waals surface area (Å²) >= 11 is 0. The normalized spacial score (nSPS) is 13.0. The number of carbonyl (C=O) groups is 2. The molecule has 4 heteroatoms. The third kappa shape index (κ3) is 2.52. The van der Waals surface area contributed by atoms with Crippen molar-refractivity contribution >= 4 is 11.9 Å². The molecule has 0 saturated carbocycles. The first kappa shape index (κ1) is 13.4. The van der Waals surface area contributed by atoms with E-state index in [-0.39, 0.29) is 11.1 Å². The van der Waals surface area contributed by atoms with E-state index in [9.17, 15) is 9.59 Å². The van der Waals surface area contributed by atoms with Crippen LogP contribution in [0.15, 0.2) is 42.5 Å². The molecular formula is C17H14O4. The number of aryl methyl sites for hydroxylation is 1. The third-order valence-corrected chi connectivity index (χ3v) is 3.34. The van der Waals surface area contributed by atoms with E-state index in [1.54, 1.807) is 18.2 Å². The molecule has 1 aliphatic heterocycles. The molecule has 0 amide bonds. The molecule has 1 heterocycles. The van der Waals surface area contributed by atoms with Crippen molar-refractivity contribution in [2.24, 2.45) is 0 Å². The second-order valence-electron chi connectivity index (χ2n) is 4.84.